The molecule has 1 aromatic carbocycles. The topological polar surface area (TPSA) is 88.2 Å². The molecule has 1 N–H and O–H groups in total. The molecule has 1 aliphatic rings. The molecule has 1 saturated heterocycles. The Kier molecular flexibility index (Phi) is 6.63. The number of ether oxygens (including phenoxy) is 2. The van der Waals surface area contributed by atoms with Crippen LogP contribution in [0.2, 0.25) is 0 Å². The number of nitrogens with one attached hydrogen (secondary N) is 1. The van der Waals surface area contributed by atoms with Crippen LogP contribution >= 0.6 is 0 Å². The highest BCUT2D eigenvalue weighted by Gasteiger charge is 2.30. The first-order valence-electron chi connectivity index (χ1n) is 8.07. The van der Waals surface area contributed by atoms with E-state index in [-0.39, 0.29) is 18.6 Å². The van der Waals surface area contributed by atoms with Gasteiger partial charge < -0.3 is 14.8 Å². The molecule has 0 bridgehead atoms. The van der Waals surface area contributed by atoms with E-state index in [0.717, 1.165) is 0 Å². The zero-order valence-corrected chi connectivity index (χ0v) is 15.6. The molecular formula is C16H25N3O5S. The van der Waals surface area contributed by atoms with Crippen molar-refractivity contribution in [1.29, 1.82) is 0 Å². The van der Waals surface area contributed by atoms with Crippen molar-refractivity contribution in [2.75, 3.05) is 40.9 Å². The fourth-order valence-electron chi connectivity index (χ4n) is 2.61. The molecule has 9 heteroatoms. The van der Waals surface area contributed by atoms with Gasteiger partial charge in [0.1, 0.15) is 0 Å². The Morgan fingerprint density at radius 3 is 2.40 bits per heavy atom. The van der Waals surface area contributed by atoms with E-state index >= 15 is 0 Å². The Morgan fingerprint density at radius 2 is 1.84 bits per heavy atom. The van der Waals surface area contributed by atoms with Gasteiger partial charge in [-0.1, -0.05) is 12.1 Å². The maximum Gasteiger partial charge on any atom is 0.281 e. The number of carbonyl (C=O) groups is 1. The molecule has 0 spiro atoms. The first-order chi connectivity index (χ1) is 11.8. The average molecular weight is 371 g/mol. The van der Waals surface area contributed by atoms with Gasteiger partial charge in [-0.3, -0.25) is 4.79 Å². The number of methoxy groups -OCH3 is 1. The van der Waals surface area contributed by atoms with Crippen LogP contribution < -0.4 is 14.8 Å². The summed E-state index contributed by atoms with van der Waals surface area (Å²) in [5, 5.41) is 2.89. The second kappa shape index (κ2) is 8.50. The molecule has 0 radical (unpaired) electrons. The van der Waals surface area contributed by atoms with E-state index in [0.29, 0.717) is 37.4 Å². The Hall–Kier alpha value is -1.84. The maximum atomic E-state index is 12.1. The number of hydrogen-bond acceptors (Lipinski definition) is 5. The van der Waals surface area contributed by atoms with Crippen molar-refractivity contribution in [2.45, 2.75) is 18.9 Å². The molecule has 1 aliphatic heterocycles. The largest absolute Gasteiger partial charge is 0.493 e. The van der Waals surface area contributed by atoms with Gasteiger partial charge in [0.05, 0.1) is 7.11 Å². The van der Waals surface area contributed by atoms with Crippen LogP contribution in [0.15, 0.2) is 24.3 Å². The molecule has 1 fully saturated rings. The van der Waals surface area contributed by atoms with E-state index in [1.165, 1.54) is 29.8 Å². The number of carbonyl (C=O) groups excluding carboxylic acids is 1. The summed E-state index contributed by atoms with van der Waals surface area (Å²) in [4.78, 5) is 12.1. The molecule has 8 nitrogen and oxygen atoms in total. The smallest absolute Gasteiger partial charge is 0.281 e. The first kappa shape index (κ1) is 19.5. The fraction of sp³-hybridized carbons (Fsp3) is 0.562. The van der Waals surface area contributed by atoms with Gasteiger partial charge in [-0.25, -0.2) is 0 Å². The summed E-state index contributed by atoms with van der Waals surface area (Å²) in [6.45, 7) is 0.661. The molecule has 0 unspecified atom stereocenters. The first-order valence-corrected chi connectivity index (χ1v) is 9.47. The van der Waals surface area contributed by atoms with Crippen molar-refractivity contribution in [1.82, 2.24) is 13.9 Å². The number of hydrogen-bond donors (Lipinski definition) is 1. The number of nitrogens with zero attached hydrogens (tertiary/aromatic N) is 2. The third-order valence-corrected chi connectivity index (χ3v) is 5.98. The summed E-state index contributed by atoms with van der Waals surface area (Å²) in [7, 11) is 1.17. The predicted octanol–water partition coefficient (Wildman–Crippen LogP) is 0.461. The molecule has 1 amide bonds. The van der Waals surface area contributed by atoms with E-state index in [1.807, 2.05) is 6.07 Å². The molecule has 1 heterocycles. The molecule has 2 rings (SSSR count). The molecular weight excluding hydrogens is 346 g/mol. The highest BCUT2D eigenvalue weighted by molar-refractivity contribution is 7.86. The van der Waals surface area contributed by atoms with Crippen LogP contribution in [0.25, 0.3) is 0 Å². The number of para-hydroxylation sites is 2. The number of benzene rings is 1. The van der Waals surface area contributed by atoms with Crippen LogP contribution in [0.5, 0.6) is 11.5 Å². The molecule has 0 aliphatic carbocycles. The van der Waals surface area contributed by atoms with Gasteiger partial charge in [0.15, 0.2) is 18.1 Å². The Labute approximate surface area is 148 Å². The highest BCUT2D eigenvalue weighted by atomic mass is 32.2. The molecule has 0 atom stereocenters. The van der Waals surface area contributed by atoms with E-state index in [9.17, 15) is 13.2 Å². The molecule has 25 heavy (non-hydrogen) atoms. The molecule has 0 saturated carbocycles. The lowest BCUT2D eigenvalue weighted by Crippen LogP contribution is -2.49. The van der Waals surface area contributed by atoms with Crippen LogP contribution in [-0.2, 0) is 15.0 Å². The van der Waals surface area contributed by atoms with Crippen molar-refractivity contribution >= 4 is 16.1 Å². The number of amides is 1. The van der Waals surface area contributed by atoms with Gasteiger partial charge in [-0.05, 0) is 25.0 Å². The monoisotopic (exact) mass is 371 g/mol. The van der Waals surface area contributed by atoms with Crippen LogP contribution in [0.4, 0.5) is 0 Å². The third kappa shape index (κ3) is 5.07. The lowest BCUT2D eigenvalue weighted by atomic mass is 10.1. The van der Waals surface area contributed by atoms with Crippen LogP contribution in [0.3, 0.4) is 0 Å². The summed E-state index contributed by atoms with van der Waals surface area (Å²) in [6, 6.07) is 7.06. The third-order valence-electron chi connectivity index (χ3n) is 4.03. The summed E-state index contributed by atoms with van der Waals surface area (Å²) in [5.74, 6) is 0.837. The number of rotatable bonds is 7. The molecule has 0 aromatic heterocycles. The van der Waals surface area contributed by atoms with Crippen molar-refractivity contribution in [3.63, 3.8) is 0 Å². The summed E-state index contributed by atoms with van der Waals surface area (Å²) < 4.78 is 37.4. The van der Waals surface area contributed by atoms with E-state index < -0.39 is 10.2 Å². The summed E-state index contributed by atoms with van der Waals surface area (Å²) in [6.07, 6.45) is 1.15. The lowest BCUT2D eigenvalue weighted by molar-refractivity contribution is -0.124. The maximum absolute atomic E-state index is 12.1. The Balaban J connectivity index is 1.79. The summed E-state index contributed by atoms with van der Waals surface area (Å²) in [5.41, 5.74) is 0. The quantitative estimate of drug-likeness (QED) is 0.752. The second-order valence-electron chi connectivity index (χ2n) is 5.97. The predicted molar refractivity (Wildman–Crippen MR) is 93.8 cm³/mol. The van der Waals surface area contributed by atoms with E-state index in [1.54, 1.807) is 18.2 Å². The van der Waals surface area contributed by atoms with Gasteiger partial charge in [-0.2, -0.15) is 17.0 Å². The highest BCUT2D eigenvalue weighted by Crippen LogP contribution is 2.25. The standard InChI is InChI=1S/C16H25N3O5S/c1-18(2)25(21,22)19-10-8-13(9-11-19)17-16(20)12-24-15-7-5-4-6-14(15)23-3/h4-7,13H,8-12H2,1-3H3,(H,17,20). The van der Waals surface area contributed by atoms with Crippen LogP contribution in [0, 0.1) is 0 Å². The zero-order valence-electron chi connectivity index (χ0n) is 14.8. The SMILES string of the molecule is COc1ccccc1OCC(=O)NC1CCN(S(=O)(=O)N(C)C)CC1. The Morgan fingerprint density at radius 1 is 1.24 bits per heavy atom. The second-order valence-corrected chi connectivity index (χ2v) is 8.11. The van der Waals surface area contributed by atoms with Gasteiger partial charge in [-0.15, -0.1) is 0 Å². The Bertz CT molecular complexity index is 685. The average Bonchev–Trinajstić information content (AvgIpc) is 2.60. The normalized spacial score (nSPS) is 16.6. The van der Waals surface area contributed by atoms with Crippen molar-refractivity contribution in [2.24, 2.45) is 0 Å². The van der Waals surface area contributed by atoms with Crippen molar-refractivity contribution in [3.05, 3.63) is 24.3 Å². The van der Waals surface area contributed by atoms with Crippen LogP contribution in [-0.4, -0.2) is 69.9 Å². The minimum Gasteiger partial charge on any atom is -0.493 e. The van der Waals surface area contributed by atoms with Gasteiger partial charge in [0.2, 0.25) is 0 Å². The summed E-state index contributed by atoms with van der Waals surface area (Å²) >= 11 is 0. The van der Waals surface area contributed by atoms with Gasteiger partial charge in [0, 0.05) is 33.2 Å². The lowest BCUT2D eigenvalue weighted by Gasteiger charge is -2.33. The fourth-order valence-corrected chi connectivity index (χ4v) is 3.75. The molecule has 140 valence electrons. The zero-order chi connectivity index (χ0) is 18.4. The minimum absolute atomic E-state index is 0.0534. The van der Waals surface area contributed by atoms with Crippen molar-refractivity contribution in [3.8, 4) is 11.5 Å². The molecule has 1 aromatic rings. The number of piperidine rings is 1. The van der Waals surface area contributed by atoms with Gasteiger partial charge in [0.25, 0.3) is 16.1 Å². The van der Waals surface area contributed by atoms with Crippen molar-refractivity contribution < 1.29 is 22.7 Å². The minimum atomic E-state index is -3.39. The van der Waals surface area contributed by atoms with E-state index in [2.05, 4.69) is 5.32 Å². The van der Waals surface area contributed by atoms with Gasteiger partial charge >= 0.3 is 0 Å². The van der Waals surface area contributed by atoms with E-state index in [4.69, 9.17) is 9.47 Å². The van der Waals surface area contributed by atoms with Crippen LogP contribution in [0.1, 0.15) is 12.8 Å².